The number of nitrogens with zero attached hydrogens (tertiary/aromatic N) is 1. The molecule has 0 aliphatic carbocycles. The third-order valence-electron chi connectivity index (χ3n) is 4.03. The van der Waals surface area contributed by atoms with Gasteiger partial charge >= 0.3 is 0 Å². The summed E-state index contributed by atoms with van der Waals surface area (Å²) in [5.41, 5.74) is 4.12. The van der Waals surface area contributed by atoms with Crippen molar-refractivity contribution in [3.8, 4) is 0 Å². The molecule has 0 aliphatic rings. The van der Waals surface area contributed by atoms with Gasteiger partial charge in [-0.25, -0.2) is 0 Å². The summed E-state index contributed by atoms with van der Waals surface area (Å²) in [5.74, 6) is -0.262. The molecule has 1 amide bonds. The second-order valence-electron chi connectivity index (χ2n) is 6.01. The summed E-state index contributed by atoms with van der Waals surface area (Å²) in [4.78, 5) is 16.6. The van der Waals surface area contributed by atoms with Crippen molar-refractivity contribution in [2.45, 2.75) is 13.3 Å². The number of amides is 1. The zero-order chi connectivity index (χ0) is 18.4. The number of benzene rings is 2. The van der Waals surface area contributed by atoms with Crippen LogP contribution in [-0.4, -0.2) is 17.4 Å². The maximum atomic E-state index is 12.5. The van der Waals surface area contributed by atoms with Gasteiger partial charge in [-0.15, -0.1) is 0 Å². The fraction of sp³-hybridized carbons (Fsp3) is 0.143. The predicted molar refractivity (Wildman–Crippen MR) is 107 cm³/mol. The molecule has 0 atom stereocenters. The maximum absolute atomic E-state index is 12.5. The molecule has 0 unspecified atom stereocenters. The minimum absolute atomic E-state index is 0.262. The fourth-order valence-corrected chi connectivity index (χ4v) is 2.75. The Labute approximate surface area is 158 Å². The number of aromatic nitrogens is 1. The van der Waals surface area contributed by atoms with Gasteiger partial charge in [0, 0.05) is 29.1 Å². The van der Waals surface area contributed by atoms with Crippen LogP contribution in [0.2, 0.25) is 5.02 Å². The molecule has 0 saturated carbocycles. The first-order valence-corrected chi connectivity index (χ1v) is 8.81. The first-order chi connectivity index (χ1) is 12.6. The smallest absolute Gasteiger partial charge is 0.274 e. The maximum Gasteiger partial charge on any atom is 0.274 e. The summed E-state index contributed by atoms with van der Waals surface area (Å²) >= 11 is 6.00. The van der Waals surface area contributed by atoms with Crippen LogP contribution in [0.25, 0.3) is 0 Å². The number of halogens is 1. The van der Waals surface area contributed by atoms with Crippen LogP contribution in [-0.2, 0) is 6.42 Å². The van der Waals surface area contributed by atoms with Crippen LogP contribution in [0.5, 0.6) is 0 Å². The standard InChI is InChI=1S/C21H20ClN3O/c1-15-7-8-17(22)13-19(15)25-21(26)20-14-18(10-12-24-20)23-11-9-16-5-3-2-4-6-16/h2-8,10,12-14H,9,11H2,1H3,(H,23,24)(H,25,26). The molecule has 2 aromatic carbocycles. The highest BCUT2D eigenvalue weighted by molar-refractivity contribution is 6.31. The van der Waals surface area contributed by atoms with Gasteiger partial charge in [-0.2, -0.15) is 0 Å². The van der Waals surface area contributed by atoms with Crippen LogP contribution in [0.3, 0.4) is 0 Å². The molecule has 26 heavy (non-hydrogen) atoms. The Kier molecular flexibility index (Phi) is 5.87. The number of carbonyl (C=O) groups is 1. The van der Waals surface area contributed by atoms with Crippen molar-refractivity contribution in [2.75, 3.05) is 17.2 Å². The van der Waals surface area contributed by atoms with E-state index in [1.807, 2.05) is 37.3 Å². The van der Waals surface area contributed by atoms with Gasteiger partial charge in [0.25, 0.3) is 5.91 Å². The third-order valence-corrected chi connectivity index (χ3v) is 4.26. The average molecular weight is 366 g/mol. The van der Waals surface area contributed by atoms with Crippen LogP contribution in [0.15, 0.2) is 66.9 Å². The molecule has 0 radical (unpaired) electrons. The summed E-state index contributed by atoms with van der Waals surface area (Å²) < 4.78 is 0. The van der Waals surface area contributed by atoms with Crippen molar-refractivity contribution in [1.82, 2.24) is 4.98 Å². The van der Waals surface area contributed by atoms with Gasteiger partial charge in [-0.05, 0) is 48.7 Å². The largest absolute Gasteiger partial charge is 0.385 e. The van der Waals surface area contributed by atoms with E-state index in [0.717, 1.165) is 24.2 Å². The van der Waals surface area contributed by atoms with Crippen LogP contribution in [0, 0.1) is 6.92 Å². The average Bonchev–Trinajstić information content (AvgIpc) is 2.66. The third kappa shape index (κ3) is 4.83. The monoisotopic (exact) mass is 365 g/mol. The molecule has 0 saturated heterocycles. The molecular formula is C21H20ClN3O. The molecule has 1 heterocycles. The highest BCUT2D eigenvalue weighted by Gasteiger charge is 2.10. The van der Waals surface area contributed by atoms with Gasteiger partial charge in [0.1, 0.15) is 5.69 Å². The molecule has 4 nitrogen and oxygen atoms in total. The SMILES string of the molecule is Cc1ccc(Cl)cc1NC(=O)c1cc(NCCc2ccccc2)ccn1. The normalized spacial score (nSPS) is 10.4. The van der Waals surface area contributed by atoms with Crippen molar-refractivity contribution >= 4 is 28.9 Å². The Hall–Kier alpha value is -2.85. The van der Waals surface area contributed by atoms with E-state index >= 15 is 0 Å². The highest BCUT2D eigenvalue weighted by Crippen LogP contribution is 2.21. The first kappa shape index (κ1) is 18.0. The van der Waals surface area contributed by atoms with E-state index in [-0.39, 0.29) is 5.91 Å². The van der Waals surface area contributed by atoms with Gasteiger partial charge in [-0.1, -0.05) is 48.0 Å². The number of aryl methyl sites for hydroxylation is 1. The Morgan fingerprint density at radius 2 is 1.88 bits per heavy atom. The van der Waals surface area contributed by atoms with E-state index in [4.69, 9.17) is 11.6 Å². The zero-order valence-corrected chi connectivity index (χ0v) is 15.3. The minimum atomic E-state index is -0.262. The summed E-state index contributed by atoms with van der Waals surface area (Å²) in [6.07, 6.45) is 2.54. The Balaban J connectivity index is 1.62. The van der Waals surface area contributed by atoms with E-state index in [1.165, 1.54) is 5.56 Å². The predicted octanol–water partition coefficient (Wildman–Crippen LogP) is 4.95. The number of hydrogen-bond acceptors (Lipinski definition) is 3. The van der Waals surface area contributed by atoms with E-state index in [2.05, 4.69) is 27.8 Å². The van der Waals surface area contributed by atoms with Crippen molar-refractivity contribution in [3.05, 3.63) is 88.7 Å². The molecule has 1 aromatic heterocycles. The van der Waals surface area contributed by atoms with Gasteiger partial charge in [0.05, 0.1) is 0 Å². The number of pyridine rings is 1. The summed E-state index contributed by atoms with van der Waals surface area (Å²) in [6, 6.07) is 19.3. The lowest BCUT2D eigenvalue weighted by atomic mass is 10.1. The quantitative estimate of drug-likeness (QED) is 0.649. The van der Waals surface area contributed by atoms with Gasteiger partial charge < -0.3 is 10.6 Å². The lowest BCUT2D eigenvalue weighted by molar-refractivity contribution is 0.102. The Bertz CT molecular complexity index is 897. The lowest BCUT2D eigenvalue weighted by Crippen LogP contribution is -2.15. The second kappa shape index (κ2) is 8.50. The highest BCUT2D eigenvalue weighted by atomic mass is 35.5. The Morgan fingerprint density at radius 1 is 1.08 bits per heavy atom. The van der Waals surface area contributed by atoms with Gasteiger partial charge in [-0.3, -0.25) is 9.78 Å². The molecule has 2 N–H and O–H groups in total. The first-order valence-electron chi connectivity index (χ1n) is 8.43. The van der Waals surface area contributed by atoms with E-state index < -0.39 is 0 Å². The molecule has 0 aliphatic heterocycles. The van der Waals surface area contributed by atoms with Crippen molar-refractivity contribution in [3.63, 3.8) is 0 Å². The molecule has 0 fully saturated rings. The van der Waals surface area contributed by atoms with Gasteiger partial charge in [0.15, 0.2) is 0 Å². The summed E-state index contributed by atoms with van der Waals surface area (Å²) in [7, 11) is 0. The lowest BCUT2D eigenvalue weighted by Gasteiger charge is -2.10. The fourth-order valence-electron chi connectivity index (χ4n) is 2.58. The van der Waals surface area contributed by atoms with Crippen molar-refractivity contribution in [1.29, 1.82) is 0 Å². The van der Waals surface area contributed by atoms with Crippen molar-refractivity contribution in [2.24, 2.45) is 0 Å². The molecule has 5 heteroatoms. The van der Waals surface area contributed by atoms with Crippen LogP contribution >= 0.6 is 11.6 Å². The number of nitrogens with one attached hydrogen (secondary N) is 2. The van der Waals surface area contributed by atoms with Gasteiger partial charge in [0.2, 0.25) is 0 Å². The van der Waals surface area contributed by atoms with Crippen LogP contribution in [0.1, 0.15) is 21.6 Å². The number of rotatable bonds is 6. The zero-order valence-electron chi connectivity index (χ0n) is 14.5. The Morgan fingerprint density at radius 3 is 2.69 bits per heavy atom. The molecule has 0 bridgehead atoms. The van der Waals surface area contributed by atoms with E-state index in [9.17, 15) is 4.79 Å². The molecular weight excluding hydrogens is 346 g/mol. The van der Waals surface area contributed by atoms with E-state index in [1.54, 1.807) is 24.4 Å². The topological polar surface area (TPSA) is 54.0 Å². The summed E-state index contributed by atoms with van der Waals surface area (Å²) in [5, 5.41) is 6.77. The van der Waals surface area contributed by atoms with Crippen LogP contribution < -0.4 is 10.6 Å². The second-order valence-corrected chi connectivity index (χ2v) is 6.44. The van der Waals surface area contributed by atoms with Crippen LogP contribution in [0.4, 0.5) is 11.4 Å². The van der Waals surface area contributed by atoms with Crippen molar-refractivity contribution < 1.29 is 4.79 Å². The molecule has 3 aromatic rings. The number of hydrogen-bond donors (Lipinski definition) is 2. The number of carbonyl (C=O) groups excluding carboxylic acids is 1. The van der Waals surface area contributed by atoms with E-state index in [0.29, 0.717) is 16.4 Å². The number of anilines is 2. The molecule has 132 valence electrons. The summed E-state index contributed by atoms with van der Waals surface area (Å²) in [6.45, 7) is 2.70. The molecule has 3 rings (SSSR count). The molecule has 0 spiro atoms. The minimum Gasteiger partial charge on any atom is -0.385 e.